The van der Waals surface area contributed by atoms with Crippen LogP contribution in [0.3, 0.4) is 0 Å². The summed E-state index contributed by atoms with van der Waals surface area (Å²) < 4.78 is 0. The van der Waals surface area contributed by atoms with Crippen molar-refractivity contribution in [2.24, 2.45) is 11.8 Å². The molecule has 0 saturated heterocycles. The van der Waals surface area contributed by atoms with Crippen molar-refractivity contribution in [2.45, 2.75) is 78.3 Å². The second-order valence-electron chi connectivity index (χ2n) is 7.47. The molecule has 0 radical (unpaired) electrons. The zero-order valence-electron chi connectivity index (χ0n) is 13.9. The van der Waals surface area contributed by atoms with Gasteiger partial charge in [-0.2, -0.15) is 0 Å². The van der Waals surface area contributed by atoms with Gasteiger partial charge in [-0.25, -0.2) is 4.98 Å². The number of hydrogen-bond acceptors (Lipinski definition) is 3. The predicted molar refractivity (Wildman–Crippen MR) is 88.3 cm³/mol. The number of hydrogen-bond donors (Lipinski definition) is 1. The van der Waals surface area contributed by atoms with Crippen molar-refractivity contribution >= 4 is 11.3 Å². The van der Waals surface area contributed by atoms with Crippen LogP contribution in [-0.4, -0.2) is 11.0 Å². The molecule has 2 rings (SSSR count). The molecule has 1 saturated carbocycles. The first kappa shape index (κ1) is 16.0. The first-order chi connectivity index (χ1) is 9.32. The molecule has 1 aromatic rings. The average Bonchev–Trinajstić information content (AvgIpc) is 2.75. The van der Waals surface area contributed by atoms with Crippen LogP contribution in [0.25, 0.3) is 0 Å². The van der Waals surface area contributed by atoms with Gasteiger partial charge in [-0.05, 0) is 50.9 Å². The first-order valence-electron chi connectivity index (χ1n) is 8.06. The van der Waals surface area contributed by atoms with Crippen LogP contribution in [0.4, 0.5) is 0 Å². The molecule has 114 valence electrons. The highest BCUT2D eigenvalue weighted by molar-refractivity contribution is 7.09. The minimum Gasteiger partial charge on any atom is -0.303 e. The maximum atomic E-state index is 4.98. The molecule has 2 nitrogen and oxygen atoms in total. The molecule has 1 N–H and O–H groups in total. The topological polar surface area (TPSA) is 24.9 Å². The fourth-order valence-electron chi connectivity index (χ4n) is 3.80. The second kappa shape index (κ2) is 6.15. The monoisotopic (exact) mass is 294 g/mol. The summed E-state index contributed by atoms with van der Waals surface area (Å²) in [5, 5.41) is 7.44. The lowest BCUT2D eigenvalue weighted by molar-refractivity contribution is 0.133. The zero-order valence-corrected chi connectivity index (χ0v) is 14.7. The lowest BCUT2D eigenvalue weighted by atomic mass is 9.71. The molecule has 1 heterocycles. The molecule has 0 spiro atoms. The van der Waals surface area contributed by atoms with E-state index in [2.05, 4.69) is 52.2 Å². The van der Waals surface area contributed by atoms with Gasteiger partial charge in [-0.1, -0.05) is 27.7 Å². The molecular formula is C17H30N2S. The van der Waals surface area contributed by atoms with Gasteiger partial charge in [0.15, 0.2) is 0 Å². The molecule has 0 aliphatic heterocycles. The number of nitrogens with zero attached hydrogens (tertiary/aromatic N) is 1. The maximum Gasteiger partial charge on any atom is 0.113 e. The summed E-state index contributed by atoms with van der Waals surface area (Å²) in [5.41, 5.74) is 1.35. The van der Waals surface area contributed by atoms with Crippen molar-refractivity contribution in [3.63, 3.8) is 0 Å². The highest BCUT2D eigenvalue weighted by atomic mass is 32.1. The lowest BCUT2D eigenvalue weighted by Gasteiger charge is -2.43. The molecule has 2 unspecified atom stereocenters. The van der Waals surface area contributed by atoms with E-state index in [4.69, 9.17) is 4.98 Å². The van der Waals surface area contributed by atoms with E-state index in [0.717, 1.165) is 11.8 Å². The van der Waals surface area contributed by atoms with Crippen LogP contribution in [0.2, 0.25) is 0 Å². The molecule has 1 aliphatic rings. The molecule has 0 aromatic carbocycles. The molecule has 2 atom stereocenters. The van der Waals surface area contributed by atoms with E-state index in [1.807, 2.05) is 11.3 Å². The smallest absolute Gasteiger partial charge is 0.113 e. The summed E-state index contributed by atoms with van der Waals surface area (Å²) in [7, 11) is 0. The van der Waals surface area contributed by atoms with E-state index < -0.39 is 0 Å². The van der Waals surface area contributed by atoms with Crippen LogP contribution in [0.5, 0.6) is 0 Å². The summed E-state index contributed by atoms with van der Waals surface area (Å²) in [4.78, 5) is 4.98. The Morgan fingerprint density at radius 2 is 1.80 bits per heavy atom. The van der Waals surface area contributed by atoms with Crippen LogP contribution in [-0.2, 0) is 5.54 Å². The minimum absolute atomic E-state index is 0.100. The van der Waals surface area contributed by atoms with Crippen LogP contribution in [0.1, 0.15) is 77.4 Å². The maximum absolute atomic E-state index is 4.98. The number of nitrogens with one attached hydrogen (secondary N) is 1. The van der Waals surface area contributed by atoms with Gasteiger partial charge >= 0.3 is 0 Å². The van der Waals surface area contributed by atoms with Crippen LogP contribution in [0.15, 0.2) is 5.38 Å². The third kappa shape index (κ3) is 3.43. The van der Waals surface area contributed by atoms with Gasteiger partial charge < -0.3 is 5.32 Å². The van der Waals surface area contributed by atoms with Gasteiger partial charge in [0.2, 0.25) is 0 Å². The Hall–Kier alpha value is -0.410. The van der Waals surface area contributed by atoms with Gasteiger partial charge in [0.1, 0.15) is 5.01 Å². The first-order valence-corrected chi connectivity index (χ1v) is 8.94. The fourth-order valence-corrected chi connectivity index (χ4v) is 4.97. The number of thiazole rings is 1. The van der Waals surface area contributed by atoms with Gasteiger partial charge in [-0.3, -0.25) is 0 Å². The standard InChI is InChI=1S/C17H30N2S/c1-11(2)15-10-20-16(18-15)17(19-12(3)4)8-13(5)7-14(6)9-17/h10-14,19H,7-9H2,1-6H3. The summed E-state index contributed by atoms with van der Waals surface area (Å²) in [5.74, 6) is 2.07. The SMILES string of the molecule is CC1CC(C)CC(NC(C)C)(c2nc(C(C)C)cs2)C1. The Kier molecular flexibility index (Phi) is 4.91. The highest BCUT2D eigenvalue weighted by Crippen LogP contribution is 2.44. The Labute approximate surface area is 128 Å². The number of aromatic nitrogens is 1. The Bertz CT molecular complexity index is 420. The van der Waals surface area contributed by atoms with E-state index in [9.17, 15) is 0 Å². The molecule has 1 aromatic heterocycles. The van der Waals surface area contributed by atoms with Crippen LogP contribution < -0.4 is 5.32 Å². The quantitative estimate of drug-likeness (QED) is 0.853. The van der Waals surface area contributed by atoms with E-state index in [1.165, 1.54) is 30.0 Å². The van der Waals surface area contributed by atoms with Gasteiger partial charge in [0.25, 0.3) is 0 Å². The minimum atomic E-state index is 0.100. The van der Waals surface area contributed by atoms with E-state index in [1.54, 1.807) is 0 Å². The Balaban J connectivity index is 2.34. The highest BCUT2D eigenvalue weighted by Gasteiger charge is 2.41. The van der Waals surface area contributed by atoms with E-state index in [-0.39, 0.29) is 5.54 Å². The van der Waals surface area contributed by atoms with Crippen molar-refractivity contribution < 1.29 is 0 Å². The normalized spacial score (nSPS) is 31.2. The van der Waals surface area contributed by atoms with Gasteiger partial charge in [0, 0.05) is 11.4 Å². The molecule has 1 aliphatic carbocycles. The third-order valence-corrected chi connectivity index (χ3v) is 5.35. The molecule has 0 bridgehead atoms. The summed E-state index contributed by atoms with van der Waals surface area (Å²) in [6, 6.07) is 0.499. The van der Waals surface area contributed by atoms with Gasteiger partial charge in [0.05, 0.1) is 11.2 Å². The van der Waals surface area contributed by atoms with Crippen molar-refractivity contribution in [3.05, 3.63) is 16.1 Å². The van der Waals surface area contributed by atoms with Gasteiger partial charge in [-0.15, -0.1) is 11.3 Å². The summed E-state index contributed by atoms with van der Waals surface area (Å²) in [6.07, 6.45) is 3.80. The predicted octanol–water partition coefficient (Wildman–Crippen LogP) is 4.92. The lowest BCUT2D eigenvalue weighted by Crippen LogP contribution is -2.50. The summed E-state index contributed by atoms with van der Waals surface area (Å²) in [6.45, 7) is 13.7. The van der Waals surface area contributed by atoms with Crippen molar-refractivity contribution in [3.8, 4) is 0 Å². The molecule has 0 amide bonds. The van der Waals surface area contributed by atoms with E-state index >= 15 is 0 Å². The Morgan fingerprint density at radius 3 is 2.25 bits per heavy atom. The summed E-state index contributed by atoms with van der Waals surface area (Å²) >= 11 is 1.86. The second-order valence-corrected chi connectivity index (χ2v) is 8.33. The van der Waals surface area contributed by atoms with E-state index in [0.29, 0.717) is 12.0 Å². The third-order valence-electron chi connectivity index (χ3n) is 4.29. The van der Waals surface area contributed by atoms with Crippen molar-refractivity contribution in [2.75, 3.05) is 0 Å². The molecule has 3 heteroatoms. The number of rotatable bonds is 4. The molecular weight excluding hydrogens is 264 g/mol. The molecule has 1 fully saturated rings. The van der Waals surface area contributed by atoms with Crippen LogP contribution in [0, 0.1) is 11.8 Å². The largest absolute Gasteiger partial charge is 0.303 e. The Morgan fingerprint density at radius 1 is 1.20 bits per heavy atom. The fraction of sp³-hybridized carbons (Fsp3) is 0.824. The average molecular weight is 295 g/mol. The van der Waals surface area contributed by atoms with Crippen molar-refractivity contribution in [1.82, 2.24) is 10.3 Å². The zero-order chi connectivity index (χ0) is 14.9. The molecule has 20 heavy (non-hydrogen) atoms. The van der Waals surface area contributed by atoms with Crippen molar-refractivity contribution in [1.29, 1.82) is 0 Å². The van der Waals surface area contributed by atoms with Crippen LogP contribution >= 0.6 is 11.3 Å².